The van der Waals surface area contributed by atoms with Gasteiger partial charge in [0.25, 0.3) is 5.91 Å². The van der Waals surface area contributed by atoms with E-state index in [9.17, 15) is 19.1 Å². The van der Waals surface area contributed by atoms with E-state index < -0.39 is 18.1 Å². The van der Waals surface area contributed by atoms with Crippen LogP contribution >= 0.6 is 11.3 Å². The third-order valence-electron chi connectivity index (χ3n) is 4.59. The molecular weight excluding hydrogens is 409 g/mol. The van der Waals surface area contributed by atoms with E-state index in [4.69, 9.17) is 0 Å². The molecule has 0 bridgehead atoms. The predicted octanol–water partition coefficient (Wildman–Crippen LogP) is 2.68. The van der Waals surface area contributed by atoms with Crippen molar-refractivity contribution >= 4 is 34.1 Å². The molecule has 154 valence electrons. The smallest absolute Gasteiger partial charge is 0.333 e. The first-order chi connectivity index (χ1) is 14.4. The van der Waals surface area contributed by atoms with Gasteiger partial charge < -0.3 is 10.4 Å². The van der Waals surface area contributed by atoms with Gasteiger partial charge in [0.15, 0.2) is 11.4 Å². The highest BCUT2D eigenvalue weighted by molar-refractivity contribution is 7.17. The van der Waals surface area contributed by atoms with Gasteiger partial charge in [-0.1, -0.05) is 17.4 Å². The lowest BCUT2D eigenvalue weighted by Crippen LogP contribution is -2.34. The number of pyridine rings is 1. The van der Waals surface area contributed by atoms with E-state index in [2.05, 4.69) is 15.3 Å². The summed E-state index contributed by atoms with van der Waals surface area (Å²) in [5.41, 5.74) is 1.78. The quantitative estimate of drug-likeness (QED) is 0.652. The molecule has 8 nitrogen and oxygen atoms in total. The van der Waals surface area contributed by atoms with Crippen molar-refractivity contribution in [3.8, 4) is 0 Å². The molecule has 1 saturated heterocycles. The second kappa shape index (κ2) is 8.17. The zero-order chi connectivity index (χ0) is 21.3. The average molecular weight is 427 g/mol. The molecule has 1 atom stereocenters. The minimum absolute atomic E-state index is 0.00559. The number of carbonyl (C=O) groups excluding carboxylic acids is 2. The summed E-state index contributed by atoms with van der Waals surface area (Å²) in [7, 11) is 0. The maximum atomic E-state index is 13.2. The second-order valence-corrected chi connectivity index (χ2v) is 7.65. The van der Waals surface area contributed by atoms with E-state index in [1.807, 2.05) is 6.07 Å². The number of urea groups is 1. The van der Waals surface area contributed by atoms with E-state index in [1.165, 1.54) is 29.2 Å². The lowest BCUT2D eigenvalue weighted by Gasteiger charge is -2.17. The Morgan fingerprint density at radius 3 is 2.80 bits per heavy atom. The van der Waals surface area contributed by atoms with Crippen molar-refractivity contribution in [2.75, 3.05) is 16.3 Å². The number of aliphatic hydroxyl groups is 1. The molecule has 1 aromatic carbocycles. The molecule has 1 unspecified atom stereocenters. The maximum absolute atomic E-state index is 13.2. The summed E-state index contributed by atoms with van der Waals surface area (Å²) in [6.45, 7) is 1.98. The Balaban J connectivity index is 1.51. The molecule has 2 N–H and O–H groups in total. The highest BCUT2D eigenvalue weighted by atomic mass is 32.1. The molecule has 10 heteroatoms. The molecule has 1 aliphatic heterocycles. The summed E-state index contributed by atoms with van der Waals surface area (Å²) in [6, 6.07) is 8.56. The Labute approximate surface area is 175 Å². The monoisotopic (exact) mass is 427 g/mol. The summed E-state index contributed by atoms with van der Waals surface area (Å²) in [6.07, 6.45) is 2.17. The van der Waals surface area contributed by atoms with Crippen LogP contribution in [0.5, 0.6) is 0 Å². The number of carbonyl (C=O) groups is 2. The molecule has 3 aromatic rings. The number of β-amino-alcohol motifs (C(OH)–C–C–N with tert-alkyl or cyclic N) is 1. The molecule has 0 radical (unpaired) electrons. The van der Waals surface area contributed by atoms with Crippen molar-refractivity contribution in [1.82, 2.24) is 15.3 Å². The van der Waals surface area contributed by atoms with Crippen molar-refractivity contribution in [3.05, 3.63) is 70.7 Å². The molecule has 3 heterocycles. The summed E-state index contributed by atoms with van der Waals surface area (Å²) in [4.78, 5) is 36.6. The molecule has 2 aromatic heterocycles. The number of aryl methyl sites for hydroxylation is 1. The number of aromatic nitrogens is 2. The first-order valence-corrected chi connectivity index (χ1v) is 9.94. The largest absolute Gasteiger partial charge is 0.371 e. The minimum atomic E-state index is -1.14. The van der Waals surface area contributed by atoms with Gasteiger partial charge in [0.1, 0.15) is 10.7 Å². The number of halogens is 1. The van der Waals surface area contributed by atoms with E-state index in [0.29, 0.717) is 22.8 Å². The van der Waals surface area contributed by atoms with E-state index >= 15 is 0 Å². The van der Waals surface area contributed by atoms with Crippen LogP contribution in [0, 0.1) is 12.7 Å². The topological polar surface area (TPSA) is 98.7 Å². The van der Waals surface area contributed by atoms with Gasteiger partial charge in [-0.25, -0.2) is 19.1 Å². The highest BCUT2D eigenvalue weighted by Gasteiger charge is 2.40. The van der Waals surface area contributed by atoms with Crippen LogP contribution in [0.2, 0.25) is 0 Å². The molecule has 0 saturated carbocycles. The molecule has 4 rings (SSSR count). The normalized spacial score (nSPS) is 16.2. The Morgan fingerprint density at radius 1 is 1.33 bits per heavy atom. The van der Waals surface area contributed by atoms with Crippen molar-refractivity contribution in [2.24, 2.45) is 0 Å². The summed E-state index contributed by atoms with van der Waals surface area (Å²) in [5.74, 6) is -0.739. The number of aliphatic hydroxyl groups excluding tert-OH is 1. The van der Waals surface area contributed by atoms with Gasteiger partial charge in [0, 0.05) is 24.6 Å². The summed E-state index contributed by atoms with van der Waals surface area (Å²) in [5, 5.41) is 13.5. The van der Waals surface area contributed by atoms with Crippen LogP contribution < -0.4 is 15.1 Å². The number of nitrogens with one attached hydrogen (secondary N) is 1. The standard InChI is InChI=1S/C20H18FN5O3S/c1-12-17(18(28)23-10-13-3-2-8-22-9-13)30-19(24-12)26-16(27)11-25(20(26)29)15-6-4-14(21)5-7-15/h2-9,16,27H,10-11H2,1H3,(H,23,28). The lowest BCUT2D eigenvalue weighted by molar-refractivity contribution is 0.0954. The van der Waals surface area contributed by atoms with Crippen molar-refractivity contribution < 1.29 is 19.1 Å². The van der Waals surface area contributed by atoms with Crippen molar-refractivity contribution in [1.29, 1.82) is 0 Å². The molecule has 30 heavy (non-hydrogen) atoms. The van der Waals surface area contributed by atoms with Crippen LogP contribution in [0.4, 0.5) is 20.0 Å². The van der Waals surface area contributed by atoms with Crippen LogP contribution in [0.25, 0.3) is 0 Å². The Morgan fingerprint density at radius 2 is 2.10 bits per heavy atom. The molecule has 3 amide bonds. The van der Waals surface area contributed by atoms with Crippen LogP contribution in [0.15, 0.2) is 48.8 Å². The molecular formula is C20H18FN5O3S. The fourth-order valence-electron chi connectivity index (χ4n) is 3.09. The molecule has 1 aliphatic rings. The molecule has 0 aliphatic carbocycles. The van der Waals surface area contributed by atoms with Gasteiger partial charge in [0.05, 0.1) is 12.2 Å². The average Bonchev–Trinajstić information content (AvgIpc) is 3.26. The van der Waals surface area contributed by atoms with Gasteiger partial charge in [-0.3, -0.25) is 14.7 Å². The number of thiazole rings is 1. The van der Waals surface area contributed by atoms with Crippen molar-refractivity contribution in [2.45, 2.75) is 19.7 Å². The Hall–Kier alpha value is -3.37. The number of amides is 3. The fraction of sp³-hybridized carbons (Fsp3) is 0.200. The zero-order valence-electron chi connectivity index (χ0n) is 15.9. The molecule has 1 fully saturated rings. The van der Waals surface area contributed by atoms with E-state index in [0.717, 1.165) is 21.8 Å². The maximum Gasteiger partial charge on any atom is 0.333 e. The minimum Gasteiger partial charge on any atom is -0.371 e. The SMILES string of the molecule is Cc1nc(N2C(=O)N(c3ccc(F)cc3)CC2O)sc1C(=O)NCc1cccnc1. The highest BCUT2D eigenvalue weighted by Crippen LogP contribution is 2.32. The van der Waals surface area contributed by atoms with Crippen LogP contribution in [0.3, 0.4) is 0 Å². The van der Waals surface area contributed by atoms with Crippen LogP contribution in [-0.2, 0) is 6.54 Å². The first-order valence-electron chi connectivity index (χ1n) is 9.13. The van der Waals surface area contributed by atoms with Gasteiger partial charge >= 0.3 is 6.03 Å². The van der Waals surface area contributed by atoms with Crippen LogP contribution in [-0.4, -0.2) is 39.8 Å². The lowest BCUT2D eigenvalue weighted by atomic mass is 10.3. The number of nitrogens with zero attached hydrogens (tertiary/aromatic N) is 4. The number of hydrogen-bond donors (Lipinski definition) is 2. The van der Waals surface area contributed by atoms with E-state index in [-0.39, 0.29) is 17.6 Å². The molecule has 0 spiro atoms. The third kappa shape index (κ3) is 3.87. The number of benzene rings is 1. The first kappa shape index (κ1) is 19.9. The third-order valence-corrected chi connectivity index (χ3v) is 5.75. The Bertz CT molecular complexity index is 1070. The van der Waals surface area contributed by atoms with Crippen LogP contribution in [0.1, 0.15) is 20.9 Å². The summed E-state index contributed by atoms with van der Waals surface area (Å²) < 4.78 is 13.2. The second-order valence-electron chi connectivity index (χ2n) is 6.68. The summed E-state index contributed by atoms with van der Waals surface area (Å²) >= 11 is 1.03. The van der Waals surface area contributed by atoms with Gasteiger partial charge in [-0.15, -0.1) is 0 Å². The Kier molecular flexibility index (Phi) is 5.42. The van der Waals surface area contributed by atoms with Gasteiger partial charge in [-0.2, -0.15) is 0 Å². The fourth-order valence-corrected chi connectivity index (χ4v) is 4.11. The van der Waals surface area contributed by atoms with Crippen molar-refractivity contribution in [3.63, 3.8) is 0 Å². The predicted molar refractivity (Wildman–Crippen MR) is 110 cm³/mol. The number of hydrogen-bond acceptors (Lipinski definition) is 6. The van der Waals surface area contributed by atoms with Gasteiger partial charge in [-0.05, 0) is 42.8 Å². The van der Waals surface area contributed by atoms with Gasteiger partial charge in [0.2, 0.25) is 0 Å². The number of anilines is 2. The number of rotatable bonds is 5. The van der Waals surface area contributed by atoms with E-state index in [1.54, 1.807) is 25.4 Å². The zero-order valence-corrected chi connectivity index (χ0v) is 16.8.